The number of likely N-dealkylation sites (tertiary alicyclic amines) is 1. The standard InChI is InChI=1S/C18H21N3O3/c22-21(23)17-6-7-18(19-12-17)24-14-16-8-10-20(11-9-16)13-15-4-2-1-3-5-15/h1-7,12,16H,8-11,13-14H2. The van der Waals surface area contributed by atoms with Gasteiger partial charge in [0.15, 0.2) is 0 Å². The number of nitrogens with zero attached hydrogens (tertiary/aromatic N) is 3. The second-order valence-corrected chi connectivity index (χ2v) is 6.13. The summed E-state index contributed by atoms with van der Waals surface area (Å²) in [5.41, 5.74) is 1.33. The molecule has 1 saturated heterocycles. The zero-order valence-electron chi connectivity index (χ0n) is 13.5. The monoisotopic (exact) mass is 327 g/mol. The van der Waals surface area contributed by atoms with Gasteiger partial charge in [-0.05, 0) is 37.4 Å². The molecule has 126 valence electrons. The Hall–Kier alpha value is -2.47. The first kappa shape index (κ1) is 16.4. The lowest BCUT2D eigenvalue weighted by Crippen LogP contribution is -2.35. The molecular formula is C18H21N3O3. The summed E-state index contributed by atoms with van der Waals surface area (Å²) in [5.74, 6) is 0.960. The van der Waals surface area contributed by atoms with Crippen molar-refractivity contribution in [3.8, 4) is 5.88 Å². The Bertz CT molecular complexity index is 653. The highest BCUT2D eigenvalue weighted by Gasteiger charge is 2.20. The van der Waals surface area contributed by atoms with Gasteiger partial charge in [-0.15, -0.1) is 0 Å². The van der Waals surface area contributed by atoms with E-state index < -0.39 is 4.92 Å². The van der Waals surface area contributed by atoms with Crippen LogP contribution in [0.15, 0.2) is 48.7 Å². The van der Waals surface area contributed by atoms with Crippen molar-refractivity contribution in [2.45, 2.75) is 19.4 Å². The van der Waals surface area contributed by atoms with Crippen LogP contribution in [0.5, 0.6) is 5.88 Å². The quantitative estimate of drug-likeness (QED) is 0.601. The third-order valence-corrected chi connectivity index (χ3v) is 4.35. The molecule has 0 amide bonds. The van der Waals surface area contributed by atoms with E-state index in [9.17, 15) is 10.1 Å². The smallest absolute Gasteiger partial charge is 0.287 e. The SMILES string of the molecule is O=[N+]([O-])c1ccc(OCC2CCN(Cc3ccccc3)CC2)nc1. The lowest BCUT2D eigenvalue weighted by Gasteiger charge is -2.31. The largest absolute Gasteiger partial charge is 0.477 e. The van der Waals surface area contributed by atoms with E-state index in [4.69, 9.17) is 4.74 Å². The number of benzene rings is 1. The molecule has 24 heavy (non-hydrogen) atoms. The van der Waals surface area contributed by atoms with Gasteiger partial charge < -0.3 is 4.74 Å². The summed E-state index contributed by atoms with van der Waals surface area (Å²) in [7, 11) is 0. The molecule has 1 aliphatic heterocycles. The van der Waals surface area contributed by atoms with Gasteiger partial charge in [-0.25, -0.2) is 4.98 Å². The molecule has 6 heteroatoms. The molecule has 1 aliphatic rings. The van der Waals surface area contributed by atoms with E-state index in [1.165, 1.54) is 17.8 Å². The zero-order chi connectivity index (χ0) is 16.8. The highest BCUT2D eigenvalue weighted by atomic mass is 16.6. The zero-order valence-corrected chi connectivity index (χ0v) is 13.5. The van der Waals surface area contributed by atoms with E-state index in [0.717, 1.165) is 32.5 Å². The maximum Gasteiger partial charge on any atom is 0.287 e. The molecule has 0 unspecified atom stereocenters. The highest BCUT2D eigenvalue weighted by molar-refractivity contribution is 5.28. The van der Waals surface area contributed by atoms with E-state index in [0.29, 0.717) is 18.4 Å². The first-order valence-electron chi connectivity index (χ1n) is 8.20. The number of piperidine rings is 1. The van der Waals surface area contributed by atoms with Crippen LogP contribution in [-0.4, -0.2) is 34.5 Å². The summed E-state index contributed by atoms with van der Waals surface area (Å²) in [6.45, 7) is 3.75. The summed E-state index contributed by atoms with van der Waals surface area (Å²) in [4.78, 5) is 16.6. The summed E-state index contributed by atoms with van der Waals surface area (Å²) >= 11 is 0. The third kappa shape index (κ3) is 4.52. The number of hydrogen-bond acceptors (Lipinski definition) is 5. The molecule has 0 spiro atoms. The van der Waals surface area contributed by atoms with E-state index in [-0.39, 0.29) is 5.69 Å². The fraction of sp³-hybridized carbons (Fsp3) is 0.389. The maximum absolute atomic E-state index is 10.6. The molecule has 2 heterocycles. The van der Waals surface area contributed by atoms with Crippen LogP contribution in [0, 0.1) is 16.0 Å². The Morgan fingerprint density at radius 1 is 1.17 bits per heavy atom. The number of hydrogen-bond donors (Lipinski definition) is 0. The topological polar surface area (TPSA) is 68.5 Å². The number of nitro groups is 1. The van der Waals surface area contributed by atoms with Crippen LogP contribution >= 0.6 is 0 Å². The van der Waals surface area contributed by atoms with Gasteiger partial charge in [0.05, 0.1) is 11.5 Å². The lowest BCUT2D eigenvalue weighted by molar-refractivity contribution is -0.385. The minimum Gasteiger partial charge on any atom is -0.477 e. The Morgan fingerprint density at radius 3 is 2.54 bits per heavy atom. The number of aromatic nitrogens is 1. The van der Waals surface area contributed by atoms with Crippen molar-refractivity contribution in [2.24, 2.45) is 5.92 Å². The fourth-order valence-electron chi connectivity index (χ4n) is 2.92. The van der Waals surface area contributed by atoms with Crippen LogP contribution in [0.25, 0.3) is 0 Å². The normalized spacial score (nSPS) is 16.0. The number of ether oxygens (including phenoxy) is 1. The average molecular weight is 327 g/mol. The second kappa shape index (κ2) is 7.88. The van der Waals surface area contributed by atoms with Crippen molar-refractivity contribution < 1.29 is 9.66 Å². The molecule has 0 bridgehead atoms. The van der Waals surface area contributed by atoms with Crippen molar-refractivity contribution in [3.05, 3.63) is 64.3 Å². The van der Waals surface area contributed by atoms with Gasteiger partial charge >= 0.3 is 0 Å². The molecule has 1 fully saturated rings. The summed E-state index contributed by atoms with van der Waals surface area (Å²) in [6, 6.07) is 13.5. The van der Waals surface area contributed by atoms with Crippen LogP contribution in [0.1, 0.15) is 18.4 Å². The molecule has 0 saturated carbocycles. The lowest BCUT2D eigenvalue weighted by atomic mass is 9.97. The summed E-state index contributed by atoms with van der Waals surface area (Å²) < 4.78 is 5.68. The molecule has 0 aliphatic carbocycles. The molecule has 0 atom stereocenters. The first-order valence-corrected chi connectivity index (χ1v) is 8.20. The molecule has 3 rings (SSSR count). The summed E-state index contributed by atoms with van der Waals surface area (Å²) in [6.07, 6.45) is 3.43. The first-order chi connectivity index (χ1) is 11.7. The minimum atomic E-state index is -0.459. The van der Waals surface area contributed by atoms with Gasteiger partial charge in [-0.2, -0.15) is 0 Å². The number of rotatable bonds is 6. The van der Waals surface area contributed by atoms with Crippen molar-refractivity contribution in [2.75, 3.05) is 19.7 Å². The maximum atomic E-state index is 10.6. The van der Waals surface area contributed by atoms with Crippen LogP contribution in [-0.2, 0) is 6.54 Å². The molecule has 0 N–H and O–H groups in total. The predicted octanol–water partition coefficient (Wildman–Crippen LogP) is 3.28. The minimum absolute atomic E-state index is 0.0171. The van der Waals surface area contributed by atoms with Crippen LogP contribution < -0.4 is 4.74 Å². The van der Waals surface area contributed by atoms with Gasteiger partial charge in [0, 0.05) is 18.7 Å². The molecule has 1 aromatic carbocycles. The average Bonchev–Trinajstić information content (AvgIpc) is 2.62. The van der Waals surface area contributed by atoms with Gasteiger partial charge in [0.2, 0.25) is 5.88 Å². The summed E-state index contributed by atoms with van der Waals surface area (Å²) in [5, 5.41) is 10.6. The van der Waals surface area contributed by atoms with E-state index >= 15 is 0 Å². The third-order valence-electron chi connectivity index (χ3n) is 4.35. The molecule has 6 nitrogen and oxygen atoms in total. The van der Waals surface area contributed by atoms with Crippen molar-refractivity contribution in [1.82, 2.24) is 9.88 Å². The highest BCUT2D eigenvalue weighted by Crippen LogP contribution is 2.21. The van der Waals surface area contributed by atoms with E-state index in [1.54, 1.807) is 6.07 Å². The van der Waals surface area contributed by atoms with Crippen LogP contribution in [0.3, 0.4) is 0 Å². The van der Waals surface area contributed by atoms with Gasteiger partial charge in [-0.1, -0.05) is 30.3 Å². The Balaban J connectivity index is 1.41. The van der Waals surface area contributed by atoms with Gasteiger partial charge in [0.25, 0.3) is 5.69 Å². The fourth-order valence-corrected chi connectivity index (χ4v) is 2.92. The van der Waals surface area contributed by atoms with Gasteiger partial charge in [0.1, 0.15) is 6.20 Å². The van der Waals surface area contributed by atoms with Crippen molar-refractivity contribution >= 4 is 5.69 Å². The molecule has 0 radical (unpaired) electrons. The number of pyridine rings is 1. The van der Waals surface area contributed by atoms with E-state index in [2.05, 4.69) is 34.1 Å². The molecular weight excluding hydrogens is 306 g/mol. The van der Waals surface area contributed by atoms with E-state index in [1.807, 2.05) is 6.07 Å². The van der Waals surface area contributed by atoms with Crippen molar-refractivity contribution in [3.63, 3.8) is 0 Å². The van der Waals surface area contributed by atoms with Crippen molar-refractivity contribution in [1.29, 1.82) is 0 Å². The predicted molar refractivity (Wildman–Crippen MR) is 90.8 cm³/mol. The van der Waals surface area contributed by atoms with Crippen LogP contribution in [0.4, 0.5) is 5.69 Å². The Labute approximate surface area is 141 Å². The molecule has 2 aromatic rings. The molecule has 1 aromatic heterocycles. The Morgan fingerprint density at radius 2 is 1.92 bits per heavy atom. The van der Waals surface area contributed by atoms with Crippen LogP contribution in [0.2, 0.25) is 0 Å². The second-order valence-electron chi connectivity index (χ2n) is 6.13. The Kier molecular flexibility index (Phi) is 5.38. The van der Waals surface area contributed by atoms with Gasteiger partial charge in [-0.3, -0.25) is 15.0 Å².